The predicted molar refractivity (Wildman–Crippen MR) is 73.9 cm³/mol. The number of amides is 2. The highest BCUT2D eigenvalue weighted by Crippen LogP contribution is 2.09. The third kappa shape index (κ3) is 3.54. The van der Waals surface area contributed by atoms with E-state index < -0.39 is 0 Å². The standard InChI is InChI=1S/C14H19N3O2/c1-10-3-5-11(6-4-10)16-13(18)9-15-12-7-8-17(2)14(12)19/h3-6,12,15H,7-9H2,1-2H3,(H,16,18). The summed E-state index contributed by atoms with van der Waals surface area (Å²) < 4.78 is 0. The third-order valence-corrected chi connectivity index (χ3v) is 3.27. The molecule has 5 heteroatoms. The summed E-state index contributed by atoms with van der Waals surface area (Å²) in [7, 11) is 1.77. The lowest BCUT2D eigenvalue weighted by Crippen LogP contribution is -2.41. The van der Waals surface area contributed by atoms with Gasteiger partial charge in [-0.2, -0.15) is 0 Å². The van der Waals surface area contributed by atoms with E-state index in [0.717, 1.165) is 24.2 Å². The van der Waals surface area contributed by atoms with Crippen LogP contribution < -0.4 is 10.6 Å². The van der Waals surface area contributed by atoms with Gasteiger partial charge in [-0.25, -0.2) is 0 Å². The Kier molecular flexibility index (Phi) is 4.16. The van der Waals surface area contributed by atoms with Crippen LogP contribution in [0, 0.1) is 6.92 Å². The maximum atomic E-state index is 11.7. The molecule has 1 fully saturated rings. The van der Waals surface area contributed by atoms with Crippen LogP contribution >= 0.6 is 0 Å². The minimum atomic E-state index is -0.228. The van der Waals surface area contributed by atoms with Gasteiger partial charge in [0.1, 0.15) is 0 Å². The Morgan fingerprint density at radius 1 is 1.37 bits per heavy atom. The number of nitrogens with one attached hydrogen (secondary N) is 2. The first-order valence-corrected chi connectivity index (χ1v) is 6.41. The maximum absolute atomic E-state index is 11.7. The summed E-state index contributed by atoms with van der Waals surface area (Å²) in [6, 6.07) is 7.38. The predicted octanol–water partition coefficient (Wildman–Crippen LogP) is 0.754. The second-order valence-electron chi connectivity index (χ2n) is 4.90. The number of nitrogens with zero attached hydrogens (tertiary/aromatic N) is 1. The van der Waals surface area contributed by atoms with Crippen molar-refractivity contribution in [2.24, 2.45) is 0 Å². The van der Waals surface area contributed by atoms with E-state index in [0.29, 0.717) is 0 Å². The molecule has 2 amide bonds. The second kappa shape index (κ2) is 5.84. The first-order valence-electron chi connectivity index (χ1n) is 6.41. The molecule has 1 saturated heterocycles. The van der Waals surface area contributed by atoms with E-state index in [4.69, 9.17) is 0 Å². The molecule has 1 aliphatic rings. The number of likely N-dealkylation sites (tertiary alicyclic amines) is 1. The van der Waals surface area contributed by atoms with Crippen LogP contribution in [0.4, 0.5) is 5.69 Å². The summed E-state index contributed by atoms with van der Waals surface area (Å²) in [4.78, 5) is 25.1. The number of benzene rings is 1. The summed E-state index contributed by atoms with van der Waals surface area (Å²) in [5.41, 5.74) is 1.92. The van der Waals surface area contributed by atoms with Crippen molar-refractivity contribution in [3.05, 3.63) is 29.8 Å². The van der Waals surface area contributed by atoms with Gasteiger partial charge in [0.05, 0.1) is 12.6 Å². The average Bonchev–Trinajstić information content (AvgIpc) is 2.70. The van der Waals surface area contributed by atoms with Crippen LogP contribution in [0.3, 0.4) is 0 Å². The van der Waals surface area contributed by atoms with Crippen LogP contribution in [0.5, 0.6) is 0 Å². The Labute approximate surface area is 113 Å². The number of likely N-dealkylation sites (N-methyl/N-ethyl adjacent to an activating group) is 1. The van der Waals surface area contributed by atoms with Crippen molar-refractivity contribution in [3.63, 3.8) is 0 Å². The molecule has 0 bridgehead atoms. The highest BCUT2D eigenvalue weighted by atomic mass is 16.2. The maximum Gasteiger partial charge on any atom is 0.239 e. The fourth-order valence-electron chi connectivity index (χ4n) is 2.07. The molecule has 5 nitrogen and oxygen atoms in total. The smallest absolute Gasteiger partial charge is 0.239 e. The number of hydrogen-bond acceptors (Lipinski definition) is 3. The summed E-state index contributed by atoms with van der Waals surface area (Å²) in [6.07, 6.45) is 0.757. The van der Waals surface area contributed by atoms with Crippen LogP contribution in [0.1, 0.15) is 12.0 Å². The molecule has 2 rings (SSSR count). The van der Waals surface area contributed by atoms with E-state index in [1.54, 1.807) is 11.9 Å². The van der Waals surface area contributed by atoms with Gasteiger partial charge in [-0.05, 0) is 25.5 Å². The van der Waals surface area contributed by atoms with Crippen LogP contribution in [0.2, 0.25) is 0 Å². The van der Waals surface area contributed by atoms with Crippen molar-refractivity contribution in [3.8, 4) is 0 Å². The molecule has 0 spiro atoms. The van der Waals surface area contributed by atoms with Crippen LogP contribution in [-0.4, -0.2) is 42.9 Å². The van der Waals surface area contributed by atoms with Crippen molar-refractivity contribution in [1.29, 1.82) is 0 Å². The minimum Gasteiger partial charge on any atom is -0.344 e. The Morgan fingerprint density at radius 2 is 2.05 bits per heavy atom. The zero-order valence-corrected chi connectivity index (χ0v) is 11.3. The Hall–Kier alpha value is -1.88. The van der Waals surface area contributed by atoms with Gasteiger partial charge in [0.15, 0.2) is 0 Å². The lowest BCUT2D eigenvalue weighted by molar-refractivity contribution is -0.128. The van der Waals surface area contributed by atoms with E-state index in [1.807, 2.05) is 31.2 Å². The SMILES string of the molecule is Cc1ccc(NC(=O)CNC2CCN(C)C2=O)cc1. The van der Waals surface area contributed by atoms with Gasteiger partial charge in [0.2, 0.25) is 11.8 Å². The monoisotopic (exact) mass is 261 g/mol. The molecule has 1 atom stereocenters. The van der Waals surface area contributed by atoms with Gasteiger partial charge in [-0.3, -0.25) is 14.9 Å². The van der Waals surface area contributed by atoms with Gasteiger partial charge < -0.3 is 10.2 Å². The highest BCUT2D eigenvalue weighted by molar-refractivity contribution is 5.93. The van der Waals surface area contributed by atoms with Crippen molar-refractivity contribution in [2.75, 3.05) is 25.5 Å². The molecule has 102 valence electrons. The van der Waals surface area contributed by atoms with E-state index in [-0.39, 0.29) is 24.4 Å². The second-order valence-corrected chi connectivity index (χ2v) is 4.90. The quantitative estimate of drug-likeness (QED) is 0.841. The van der Waals surface area contributed by atoms with Gasteiger partial charge in [0, 0.05) is 19.3 Å². The van der Waals surface area contributed by atoms with Crippen LogP contribution in [0.25, 0.3) is 0 Å². The minimum absolute atomic E-state index is 0.0585. The van der Waals surface area contributed by atoms with Gasteiger partial charge >= 0.3 is 0 Å². The van der Waals surface area contributed by atoms with E-state index >= 15 is 0 Å². The first kappa shape index (κ1) is 13.5. The highest BCUT2D eigenvalue weighted by Gasteiger charge is 2.28. The first-order chi connectivity index (χ1) is 9.06. The molecule has 0 aliphatic carbocycles. The fraction of sp³-hybridized carbons (Fsp3) is 0.429. The molecule has 0 radical (unpaired) electrons. The van der Waals surface area contributed by atoms with Crippen molar-refractivity contribution in [2.45, 2.75) is 19.4 Å². The number of anilines is 1. The Morgan fingerprint density at radius 3 is 2.63 bits per heavy atom. The van der Waals surface area contributed by atoms with E-state index in [2.05, 4.69) is 10.6 Å². The normalized spacial score (nSPS) is 18.7. The van der Waals surface area contributed by atoms with Gasteiger partial charge in [-0.15, -0.1) is 0 Å². The molecule has 19 heavy (non-hydrogen) atoms. The number of hydrogen-bond donors (Lipinski definition) is 2. The molecule has 1 aromatic rings. The number of carbonyl (C=O) groups excluding carboxylic acids is 2. The topological polar surface area (TPSA) is 61.4 Å². The van der Waals surface area contributed by atoms with Gasteiger partial charge in [-0.1, -0.05) is 17.7 Å². The summed E-state index contributed by atoms with van der Waals surface area (Å²) >= 11 is 0. The van der Waals surface area contributed by atoms with E-state index in [1.165, 1.54) is 0 Å². The average molecular weight is 261 g/mol. The molecule has 1 aromatic carbocycles. The molecule has 0 aromatic heterocycles. The molecular formula is C14H19N3O2. The van der Waals surface area contributed by atoms with Crippen molar-refractivity contribution >= 4 is 17.5 Å². The molecule has 1 heterocycles. The lowest BCUT2D eigenvalue weighted by atomic mass is 10.2. The number of carbonyl (C=O) groups is 2. The number of aryl methyl sites for hydroxylation is 1. The third-order valence-electron chi connectivity index (χ3n) is 3.27. The van der Waals surface area contributed by atoms with Gasteiger partial charge in [0.25, 0.3) is 0 Å². The summed E-state index contributed by atoms with van der Waals surface area (Å²) in [5, 5.41) is 5.78. The fourth-order valence-corrected chi connectivity index (χ4v) is 2.07. The summed E-state index contributed by atoms with van der Waals surface area (Å²) in [5.74, 6) is -0.0747. The lowest BCUT2D eigenvalue weighted by Gasteiger charge is -2.12. The molecule has 1 aliphatic heterocycles. The molecule has 1 unspecified atom stereocenters. The largest absolute Gasteiger partial charge is 0.344 e. The summed E-state index contributed by atoms with van der Waals surface area (Å²) in [6.45, 7) is 2.89. The van der Waals surface area contributed by atoms with Crippen LogP contribution in [-0.2, 0) is 9.59 Å². The zero-order chi connectivity index (χ0) is 13.8. The zero-order valence-electron chi connectivity index (χ0n) is 11.3. The molecule has 0 saturated carbocycles. The van der Waals surface area contributed by atoms with Crippen LogP contribution in [0.15, 0.2) is 24.3 Å². The van der Waals surface area contributed by atoms with E-state index in [9.17, 15) is 9.59 Å². The molecule has 2 N–H and O–H groups in total. The Bertz CT molecular complexity index is 470. The molecular weight excluding hydrogens is 242 g/mol. The van der Waals surface area contributed by atoms with Crippen molar-refractivity contribution in [1.82, 2.24) is 10.2 Å². The Balaban J connectivity index is 1.79. The number of rotatable bonds is 4. The van der Waals surface area contributed by atoms with Crippen molar-refractivity contribution < 1.29 is 9.59 Å².